The van der Waals surface area contributed by atoms with E-state index in [4.69, 9.17) is 4.74 Å². The summed E-state index contributed by atoms with van der Waals surface area (Å²) < 4.78 is 5.25. The maximum absolute atomic E-state index is 13.3. The fourth-order valence-corrected chi connectivity index (χ4v) is 10.2. The van der Waals surface area contributed by atoms with Crippen LogP contribution in [0.3, 0.4) is 0 Å². The van der Waals surface area contributed by atoms with Crippen LogP contribution in [0, 0.1) is 29.6 Å². The number of aliphatic hydroxyl groups is 1. The van der Waals surface area contributed by atoms with E-state index in [1.54, 1.807) is 0 Å². The molecule has 3 saturated heterocycles. The first-order valence-corrected chi connectivity index (χ1v) is 16.8. The Balaban J connectivity index is 1.45. The van der Waals surface area contributed by atoms with Crippen molar-refractivity contribution < 1.29 is 24.5 Å². The molecule has 6 rings (SSSR count). The second-order valence-electron chi connectivity index (χ2n) is 14.4. The minimum Gasteiger partial charge on any atom is -0.507 e. The molecule has 13 atom stereocenters. The van der Waals surface area contributed by atoms with Gasteiger partial charge in [-0.15, -0.1) is 6.58 Å². The molecule has 5 aliphatic heterocycles. The Morgan fingerprint density at radius 1 is 0.955 bits per heavy atom. The smallest absolute Gasteiger partial charge is 0.337 e. The Kier molecular flexibility index (Phi) is 8.63. The van der Waals surface area contributed by atoms with Gasteiger partial charge < -0.3 is 36.2 Å². The SMILES string of the molecule is C=CC1C2CC3NC(CC4NC5C(=C4C)C(O)=C(C(=O)OC)C5C4NC(CC(N2)C1C)[C@@H](C)[C@@H]4CCC(=O)O)C(CC)=C3C. The van der Waals surface area contributed by atoms with E-state index in [9.17, 15) is 19.8 Å². The monoisotopic (exact) mass is 608 g/mol. The molecule has 0 aromatic rings. The molecule has 0 aromatic carbocycles. The summed E-state index contributed by atoms with van der Waals surface area (Å²) in [5, 5.41) is 37.2. The van der Waals surface area contributed by atoms with Crippen molar-refractivity contribution in [2.24, 2.45) is 29.6 Å². The molecule has 9 nitrogen and oxygen atoms in total. The summed E-state index contributed by atoms with van der Waals surface area (Å²) in [5.74, 6) is -0.692. The van der Waals surface area contributed by atoms with Crippen LogP contribution in [-0.2, 0) is 14.3 Å². The van der Waals surface area contributed by atoms with Crippen molar-refractivity contribution >= 4 is 11.9 Å². The van der Waals surface area contributed by atoms with Gasteiger partial charge in [-0.2, -0.15) is 0 Å². The Morgan fingerprint density at radius 2 is 1.66 bits per heavy atom. The molecule has 0 aromatic heterocycles. The highest BCUT2D eigenvalue weighted by molar-refractivity contribution is 5.92. The van der Waals surface area contributed by atoms with Crippen LogP contribution in [0.1, 0.15) is 73.1 Å². The van der Waals surface area contributed by atoms with Gasteiger partial charge in [-0.05, 0) is 75.2 Å². The Labute approximate surface area is 262 Å². The van der Waals surface area contributed by atoms with E-state index < -0.39 is 11.9 Å². The number of carbonyl (C=O) groups is 2. The lowest BCUT2D eigenvalue weighted by Crippen LogP contribution is -2.50. The number of hydrogen-bond donors (Lipinski definition) is 6. The van der Waals surface area contributed by atoms with Gasteiger partial charge in [-0.3, -0.25) is 4.79 Å². The molecule has 6 aliphatic rings. The van der Waals surface area contributed by atoms with E-state index in [1.807, 2.05) is 0 Å². The van der Waals surface area contributed by atoms with Crippen LogP contribution in [0.15, 0.2) is 46.3 Å². The van der Waals surface area contributed by atoms with E-state index in [0.717, 1.165) is 36.8 Å². The van der Waals surface area contributed by atoms with Crippen molar-refractivity contribution in [1.82, 2.24) is 21.3 Å². The van der Waals surface area contributed by atoms with Gasteiger partial charge in [0.1, 0.15) is 5.76 Å². The fraction of sp³-hybridized carbons (Fsp3) is 0.714. The molecule has 11 unspecified atom stereocenters. The minimum atomic E-state index is -0.813. The number of carboxylic acids is 1. The molecule has 0 radical (unpaired) electrons. The Morgan fingerprint density at radius 3 is 2.32 bits per heavy atom. The molecule has 5 heterocycles. The van der Waals surface area contributed by atoms with Gasteiger partial charge in [-0.1, -0.05) is 38.0 Å². The van der Waals surface area contributed by atoms with Gasteiger partial charge >= 0.3 is 11.9 Å². The maximum Gasteiger partial charge on any atom is 0.337 e. The molecule has 6 N–H and O–H groups in total. The number of carbonyl (C=O) groups excluding carboxylic acids is 1. The lowest BCUT2D eigenvalue weighted by Gasteiger charge is -2.33. The first-order valence-electron chi connectivity index (χ1n) is 16.8. The molecule has 44 heavy (non-hydrogen) atoms. The van der Waals surface area contributed by atoms with Gasteiger partial charge in [0, 0.05) is 66.2 Å². The van der Waals surface area contributed by atoms with Crippen LogP contribution in [0.5, 0.6) is 0 Å². The van der Waals surface area contributed by atoms with E-state index in [1.165, 1.54) is 18.3 Å². The van der Waals surface area contributed by atoms with Crippen molar-refractivity contribution in [3.8, 4) is 0 Å². The third-order valence-corrected chi connectivity index (χ3v) is 12.6. The number of methoxy groups -OCH3 is 1. The summed E-state index contributed by atoms with van der Waals surface area (Å²) in [6, 6.07) is 0.852. The van der Waals surface area contributed by atoms with Crippen molar-refractivity contribution in [3.05, 3.63) is 46.3 Å². The fourth-order valence-electron chi connectivity index (χ4n) is 10.2. The zero-order valence-corrected chi connectivity index (χ0v) is 27.2. The van der Waals surface area contributed by atoms with E-state index in [0.29, 0.717) is 35.9 Å². The second-order valence-corrected chi connectivity index (χ2v) is 14.4. The largest absolute Gasteiger partial charge is 0.507 e. The van der Waals surface area contributed by atoms with Crippen LogP contribution in [-0.4, -0.2) is 77.6 Å². The zero-order chi connectivity index (χ0) is 31.6. The third kappa shape index (κ3) is 4.99. The van der Waals surface area contributed by atoms with Gasteiger partial charge in [-0.25, -0.2) is 4.79 Å². The van der Waals surface area contributed by atoms with Crippen LogP contribution in [0.2, 0.25) is 0 Å². The highest BCUT2D eigenvalue weighted by atomic mass is 16.5. The Hall–Kier alpha value is -2.46. The first kappa shape index (κ1) is 31.5. The first-order chi connectivity index (χ1) is 21.0. The van der Waals surface area contributed by atoms with E-state index >= 15 is 0 Å². The normalized spacial score (nSPS) is 43.3. The number of hydrogen-bond acceptors (Lipinski definition) is 8. The molecule has 0 amide bonds. The number of aliphatic carboxylic acids is 1. The van der Waals surface area contributed by atoms with Crippen molar-refractivity contribution in [1.29, 1.82) is 0 Å². The van der Waals surface area contributed by atoms with Crippen LogP contribution in [0.4, 0.5) is 0 Å². The summed E-state index contributed by atoms with van der Waals surface area (Å²) >= 11 is 0. The van der Waals surface area contributed by atoms with Gasteiger partial charge in [0.15, 0.2) is 0 Å². The van der Waals surface area contributed by atoms with E-state index in [-0.39, 0.29) is 66.2 Å². The molecule has 1 aliphatic carbocycles. The number of fused-ring (bicyclic) bond motifs is 8. The number of ether oxygens (including phenoxy) is 1. The number of carboxylic acid groups (broad SMARTS) is 1. The Bertz CT molecular complexity index is 1300. The number of esters is 1. The molecule has 9 heteroatoms. The number of nitrogens with one attached hydrogen (secondary N) is 4. The van der Waals surface area contributed by atoms with Crippen molar-refractivity contribution in [2.75, 3.05) is 7.11 Å². The zero-order valence-electron chi connectivity index (χ0n) is 27.2. The van der Waals surface area contributed by atoms with Crippen molar-refractivity contribution in [2.45, 2.75) is 121 Å². The van der Waals surface area contributed by atoms with Gasteiger partial charge in [0.2, 0.25) is 0 Å². The lowest BCUT2D eigenvalue weighted by molar-refractivity contribution is -0.138. The number of rotatable bonds is 6. The molecule has 0 saturated carbocycles. The standard InChI is InChI=1S/C35H52N4O5/c1-8-19-15(3)22-12-24-17(5)21(10-11-28(40)41)32(38-24)30-31(35(43)44-7)34(42)29-18(6)25(39-33(29)30)14-27-20(9-2)16(4)23(37-27)13-26(19)36-22/h8,15,17,19,21-27,30,32-33,36-39,42H,1,9-14H2,2-7H3,(H,40,41)/t15?,17-,19?,21-,22?,23?,24?,25?,26?,27?,30?,32?,33?/m0/s1. The quantitative estimate of drug-likeness (QED) is 0.197. The highest BCUT2D eigenvalue weighted by Gasteiger charge is 2.56. The minimum absolute atomic E-state index is 0.0161. The highest BCUT2D eigenvalue weighted by Crippen LogP contribution is 2.50. The molecule has 0 spiro atoms. The average molecular weight is 609 g/mol. The van der Waals surface area contributed by atoms with Gasteiger partial charge in [0.25, 0.3) is 0 Å². The molecular weight excluding hydrogens is 556 g/mol. The maximum atomic E-state index is 13.3. The summed E-state index contributed by atoms with van der Waals surface area (Å²) in [5.41, 5.74) is 5.13. The molecule has 3 fully saturated rings. The van der Waals surface area contributed by atoms with Crippen LogP contribution < -0.4 is 21.3 Å². The predicted molar refractivity (Wildman–Crippen MR) is 170 cm³/mol. The average Bonchev–Trinajstić information content (AvgIpc) is 3.72. The second kappa shape index (κ2) is 12.0. The van der Waals surface area contributed by atoms with E-state index in [2.05, 4.69) is 68.5 Å². The predicted octanol–water partition coefficient (Wildman–Crippen LogP) is 3.75. The molecular formula is C35H52N4O5. The third-order valence-electron chi connectivity index (χ3n) is 12.6. The lowest BCUT2D eigenvalue weighted by atomic mass is 9.76. The number of aliphatic hydroxyl groups excluding tert-OH is 1. The summed E-state index contributed by atoms with van der Waals surface area (Å²) in [4.78, 5) is 25.1. The van der Waals surface area contributed by atoms with Crippen molar-refractivity contribution in [3.63, 3.8) is 0 Å². The van der Waals surface area contributed by atoms with Crippen LogP contribution >= 0.6 is 0 Å². The summed E-state index contributed by atoms with van der Waals surface area (Å²) in [7, 11) is 1.36. The van der Waals surface area contributed by atoms with Crippen LogP contribution in [0.25, 0.3) is 0 Å². The van der Waals surface area contributed by atoms with Gasteiger partial charge in [0.05, 0.1) is 12.7 Å². The topological polar surface area (TPSA) is 132 Å². The molecule has 8 bridgehead atoms. The summed E-state index contributed by atoms with van der Waals surface area (Å²) in [6.45, 7) is 15.4. The summed E-state index contributed by atoms with van der Waals surface area (Å²) in [6.07, 6.45) is 6.47. The molecule has 242 valence electrons.